The van der Waals surface area contributed by atoms with Gasteiger partial charge in [-0.1, -0.05) is 12.0 Å². The van der Waals surface area contributed by atoms with Crippen molar-refractivity contribution in [1.82, 2.24) is 4.98 Å². The molecular weight excluding hydrogens is 439 g/mol. The molecule has 0 fully saturated rings. The molecule has 0 aliphatic rings. The number of oxazole rings is 1. The number of terminal acetylenes is 1. The summed E-state index contributed by atoms with van der Waals surface area (Å²) in [6.45, 7) is -0.249. The van der Waals surface area contributed by atoms with Gasteiger partial charge < -0.3 is 9.15 Å². The zero-order valence-electron chi connectivity index (χ0n) is 12.6. The molecule has 25 heavy (non-hydrogen) atoms. The van der Waals surface area contributed by atoms with Crippen LogP contribution in [0.25, 0.3) is 22.6 Å². The number of nitrogens with zero attached hydrogens (tertiary/aromatic N) is 2. The number of carbonyl (C=O) groups is 1. The Morgan fingerprint density at radius 2 is 2.20 bits per heavy atom. The maximum Gasteiger partial charge on any atom is 0.343 e. The number of nitro groups is 1. The predicted molar refractivity (Wildman–Crippen MR) is 97.9 cm³/mol. The molecule has 0 bridgehead atoms. The van der Waals surface area contributed by atoms with Gasteiger partial charge in [0.15, 0.2) is 12.2 Å². The average molecular weight is 448 g/mol. The maximum atomic E-state index is 12.2. The molecule has 124 valence electrons. The Kier molecular flexibility index (Phi) is 4.67. The maximum absolute atomic E-state index is 12.2. The first-order valence-electron chi connectivity index (χ1n) is 6.95. The highest BCUT2D eigenvalue weighted by Gasteiger charge is 2.23. The third-order valence-electron chi connectivity index (χ3n) is 3.26. The van der Waals surface area contributed by atoms with Crippen molar-refractivity contribution >= 4 is 45.3 Å². The number of nitro benzene ring substituents is 1. The van der Waals surface area contributed by atoms with Gasteiger partial charge in [0, 0.05) is 21.3 Å². The summed E-state index contributed by atoms with van der Waals surface area (Å²) >= 11 is 2.15. The number of aromatic nitrogens is 1. The summed E-state index contributed by atoms with van der Waals surface area (Å²) in [6, 6.07) is 9.70. The van der Waals surface area contributed by atoms with Crippen molar-refractivity contribution in [1.29, 1.82) is 0 Å². The summed E-state index contributed by atoms with van der Waals surface area (Å²) < 4.78 is 11.5. The monoisotopic (exact) mass is 448 g/mol. The fourth-order valence-corrected chi connectivity index (χ4v) is 2.75. The van der Waals surface area contributed by atoms with E-state index >= 15 is 0 Å². The van der Waals surface area contributed by atoms with Crippen molar-refractivity contribution in [2.75, 3.05) is 6.61 Å². The van der Waals surface area contributed by atoms with E-state index in [4.69, 9.17) is 15.6 Å². The van der Waals surface area contributed by atoms with Crippen LogP contribution in [0.2, 0.25) is 0 Å². The van der Waals surface area contributed by atoms with Gasteiger partial charge in [0.1, 0.15) is 11.1 Å². The Morgan fingerprint density at radius 1 is 1.40 bits per heavy atom. The van der Waals surface area contributed by atoms with Gasteiger partial charge in [-0.05, 0) is 40.8 Å². The van der Waals surface area contributed by atoms with Gasteiger partial charge in [-0.2, -0.15) is 0 Å². The lowest BCUT2D eigenvalue weighted by Gasteiger charge is -2.01. The molecule has 1 heterocycles. The SMILES string of the molecule is C#CCOC(=O)c1cc([N+](=O)[O-])cc2nc(-c3cccc(I)c3)oc12. The molecule has 0 atom stereocenters. The fourth-order valence-electron chi connectivity index (χ4n) is 2.20. The number of hydrogen-bond donors (Lipinski definition) is 0. The van der Waals surface area contributed by atoms with Crippen LogP contribution in [0.4, 0.5) is 5.69 Å². The lowest BCUT2D eigenvalue weighted by atomic mass is 10.1. The van der Waals surface area contributed by atoms with E-state index in [1.54, 1.807) is 6.07 Å². The van der Waals surface area contributed by atoms with Crippen LogP contribution in [0.3, 0.4) is 0 Å². The largest absolute Gasteiger partial charge is 0.449 e. The quantitative estimate of drug-likeness (QED) is 0.198. The predicted octanol–water partition coefficient (Wildman–Crippen LogP) is 3.80. The molecule has 0 spiro atoms. The first kappa shape index (κ1) is 16.9. The third-order valence-corrected chi connectivity index (χ3v) is 3.93. The van der Waals surface area contributed by atoms with E-state index in [-0.39, 0.29) is 34.8 Å². The molecular formula is C17H9IN2O5. The van der Waals surface area contributed by atoms with Gasteiger partial charge in [0.25, 0.3) is 5.69 Å². The lowest BCUT2D eigenvalue weighted by Crippen LogP contribution is -2.06. The van der Waals surface area contributed by atoms with Crippen molar-refractivity contribution in [2.45, 2.75) is 0 Å². The first-order valence-corrected chi connectivity index (χ1v) is 8.03. The Balaban J connectivity index is 2.18. The topological polar surface area (TPSA) is 95.5 Å². The number of fused-ring (bicyclic) bond motifs is 1. The number of esters is 1. The highest BCUT2D eigenvalue weighted by molar-refractivity contribution is 14.1. The second-order valence-corrected chi connectivity index (χ2v) is 6.15. The van der Waals surface area contributed by atoms with E-state index in [1.807, 2.05) is 18.2 Å². The van der Waals surface area contributed by atoms with Crippen LogP contribution in [0.5, 0.6) is 0 Å². The summed E-state index contributed by atoms with van der Waals surface area (Å²) in [5.41, 5.74) is 0.609. The smallest absolute Gasteiger partial charge is 0.343 e. The van der Waals surface area contributed by atoms with Crippen LogP contribution in [0.15, 0.2) is 40.8 Å². The summed E-state index contributed by atoms with van der Waals surface area (Å²) in [4.78, 5) is 26.9. The molecule has 3 rings (SSSR count). The lowest BCUT2D eigenvalue weighted by molar-refractivity contribution is -0.384. The summed E-state index contributed by atoms with van der Waals surface area (Å²) in [7, 11) is 0. The highest BCUT2D eigenvalue weighted by Crippen LogP contribution is 2.31. The van der Waals surface area contributed by atoms with Gasteiger partial charge >= 0.3 is 5.97 Å². The molecule has 0 amide bonds. The second-order valence-electron chi connectivity index (χ2n) is 4.91. The number of hydrogen-bond acceptors (Lipinski definition) is 6. The minimum absolute atomic E-state index is 0.0937. The fraction of sp³-hybridized carbons (Fsp3) is 0.0588. The van der Waals surface area contributed by atoms with E-state index in [0.717, 1.165) is 9.64 Å². The zero-order valence-corrected chi connectivity index (χ0v) is 14.7. The number of benzene rings is 2. The van der Waals surface area contributed by atoms with E-state index < -0.39 is 10.9 Å². The molecule has 2 aromatic carbocycles. The molecule has 0 saturated heterocycles. The van der Waals surface area contributed by atoms with Crippen LogP contribution in [-0.4, -0.2) is 22.5 Å². The van der Waals surface area contributed by atoms with Crippen LogP contribution in [0.1, 0.15) is 10.4 Å². The Hall–Kier alpha value is -2.93. The molecule has 3 aromatic rings. The van der Waals surface area contributed by atoms with Gasteiger partial charge in [0.2, 0.25) is 5.89 Å². The molecule has 0 saturated carbocycles. The van der Waals surface area contributed by atoms with E-state index in [9.17, 15) is 14.9 Å². The molecule has 0 unspecified atom stereocenters. The van der Waals surface area contributed by atoms with Gasteiger partial charge in [0.05, 0.1) is 4.92 Å². The molecule has 1 aromatic heterocycles. The van der Waals surface area contributed by atoms with Crippen LogP contribution in [-0.2, 0) is 4.74 Å². The van der Waals surface area contributed by atoms with Crippen molar-refractivity contribution in [3.63, 3.8) is 0 Å². The average Bonchev–Trinajstić information content (AvgIpc) is 3.02. The van der Waals surface area contributed by atoms with Gasteiger partial charge in [-0.15, -0.1) is 6.42 Å². The first-order chi connectivity index (χ1) is 12.0. The van der Waals surface area contributed by atoms with Crippen molar-refractivity contribution in [3.8, 4) is 23.8 Å². The molecule has 0 aliphatic carbocycles. The summed E-state index contributed by atoms with van der Waals surface area (Å²) in [6.07, 6.45) is 5.07. The van der Waals surface area contributed by atoms with Crippen molar-refractivity contribution in [3.05, 3.63) is 55.6 Å². The Morgan fingerprint density at radius 3 is 2.88 bits per heavy atom. The highest BCUT2D eigenvalue weighted by atomic mass is 127. The summed E-state index contributed by atoms with van der Waals surface area (Å²) in [5, 5.41) is 11.1. The van der Waals surface area contributed by atoms with E-state index in [1.165, 1.54) is 6.07 Å². The van der Waals surface area contributed by atoms with Gasteiger partial charge in [-0.3, -0.25) is 10.1 Å². The second kappa shape index (κ2) is 6.90. The van der Waals surface area contributed by atoms with E-state index in [2.05, 4.69) is 33.5 Å². The zero-order chi connectivity index (χ0) is 18.0. The number of halogens is 1. The molecule has 0 radical (unpaired) electrons. The minimum atomic E-state index is -0.808. The van der Waals surface area contributed by atoms with Crippen LogP contribution < -0.4 is 0 Å². The molecule has 7 nitrogen and oxygen atoms in total. The number of carbonyl (C=O) groups excluding carboxylic acids is 1. The number of ether oxygens (including phenoxy) is 1. The number of rotatable bonds is 4. The van der Waals surface area contributed by atoms with E-state index in [0.29, 0.717) is 5.56 Å². The minimum Gasteiger partial charge on any atom is -0.449 e. The number of non-ortho nitro benzene ring substituents is 1. The molecule has 0 aliphatic heterocycles. The Labute approximate surface area is 155 Å². The molecule has 8 heteroatoms. The van der Waals surface area contributed by atoms with Crippen molar-refractivity contribution < 1.29 is 18.9 Å². The molecule has 0 N–H and O–H groups in total. The normalized spacial score (nSPS) is 10.4. The van der Waals surface area contributed by atoms with Crippen LogP contribution >= 0.6 is 22.6 Å². The van der Waals surface area contributed by atoms with Crippen molar-refractivity contribution in [2.24, 2.45) is 0 Å². The van der Waals surface area contributed by atoms with Gasteiger partial charge in [-0.25, -0.2) is 9.78 Å². The Bertz CT molecular complexity index is 1040. The summed E-state index contributed by atoms with van der Waals surface area (Å²) in [5.74, 6) is 1.61. The third kappa shape index (κ3) is 3.46. The van der Waals surface area contributed by atoms with Crippen LogP contribution in [0, 0.1) is 26.0 Å². The standard InChI is InChI=1S/C17H9IN2O5/c1-2-6-24-17(21)13-8-12(20(22)23)9-14-15(13)25-16(19-14)10-4-3-5-11(18)7-10/h1,3-5,7-9H,6H2.